The largest absolute Gasteiger partial charge is 0.460 e. The van der Waals surface area contributed by atoms with E-state index in [0.29, 0.717) is 6.42 Å². The molecule has 0 aliphatic carbocycles. The predicted octanol–water partition coefficient (Wildman–Crippen LogP) is 0.612. The monoisotopic (exact) mass is 410 g/mol. The second-order valence-electron chi connectivity index (χ2n) is 6.26. The van der Waals surface area contributed by atoms with Gasteiger partial charge in [0.25, 0.3) is 0 Å². The van der Waals surface area contributed by atoms with Gasteiger partial charge in [0.1, 0.15) is 19.3 Å². The molecule has 0 aliphatic heterocycles. The molecule has 3 N–H and O–H groups in total. The lowest BCUT2D eigenvalue weighted by Crippen LogP contribution is -2.24. The number of esters is 3. The van der Waals surface area contributed by atoms with Crippen LogP contribution in [0.4, 0.5) is 0 Å². The maximum absolute atomic E-state index is 12.3. The first-order valence-electron chi connectivity index (χ1n) is 9.01. The van der Waals surface area contributed by atoms with Crippen molar-refractivity contribution in [3.63, 3.8) is 0 Å². The second kappa shape index (κ2) is 12.7. The van der Waals surface area contributed by atoms with Crippen molar-refractivity contribution in [3.05, 3.63) is 48.0 Å². The zero-order valence-corrected chi connectivity index (χ0v) is 16.2. The Morgan fingerprint density at radius 3 is 2.00 bits per heavy atom. The summed E-state index contributed by atoms with van der Waals surface area (Å²) in [6.45, 7) is 3.65. The number of hydrogen-bond donors (Lipinski definition) is 3. The third kappa shape index (κ3) is 8.86. The van der Waals surface area contributed by atoms with E-state index in [1.165, 1.54) is 24.3 Å². The Hall–Kier alpha value is -2.75. The number of aliphatic hydroxyl groups is 3. The Labute approximate surface area is 168 Å². The number of carbonyl (C=O) groups excluding carboxylic acids is 3. The minimum absolute atomic E-state index is 0.0588. The molecule has 3 atom stereocenters. The highest BCUT2D eigenvalue weighted by Crippen LogP contribution is 2.13. The quantitative estimate of drug-likeness (QED) is 0.257. The number of benzene rings is 1. The number of aliphatic hydroxyl groups excluding tert-OH is 3. The molecule has 9 heteroatoms. The molecule has 1 aromatic carbocycles. The third-order valence-electron chi connectivity index (χ3n) is 3.78. The molecule has 0 heterocycles. The summed E-state index contributed by atoms with van der Waals surface area (Å²) in [6, 6.07) is 5.78. The van der Waals surface area contributed by atoms with Crippen molar-refractivity contribution in [3.8, 4) is 0 Å². The van der Waals surface area contributed by atoms with Gasteiger partial charge in [-0.25, -0.2) is 14.4 Å². The Morgan fingerprint density at radius 1 is 1.00 bits per heavy atom. The fourth-order valence-electron chi connectivity index (χ4n) is 2.21. The lowest BCUT2D eigenvalue weighted by Gasteiger charge is -2.16. The highest BCUT2D eigenvalue weighted by molar-refractivity contribution is 6.03. The van der Waals surface area contributed by atoms with Crippen LogP contribution in [0, 0.1) is 0 Å². The van der Waals surface area contributed by atoms with Crippen molar-refractivity contribution in [1.82, 2.24) is 0 Å². The van der Waals surface area contributed by atoms with Gasteiger partial charge < -0.3 is 29.5 Å². The van der Waals surface area contributed by atoms with E-state index in [-0.39, 0.29) is 24.2 Å². The lowest BCUT2D eigenvalue weighted by atomic mass is 10.1. The fraction of sp³-hybridized carbons (Fsp3) is 0.450. The van der Waals surface area contributed by atoms with E-state index < -0.39 is 49.4 Å². The molecule has 1 aromatic rings. The molecule has 0 aliphatic rings. The van der Waals surface area contributed by atoms with Crippen molar-refractivity contribution < 1.29 is 43.9 Å². The number of ether oxygens (including phenoxy) is 3. The minimum atomic E-state index is -1.22. The molecule has 160 valence electrons. The van der Waals surface area contributed by atoms with Crippen LogP contribution in [0.15, 0.2) is 36.9 Å². The standard InChI is InChI=1S/C20H26O9/c1-3-18(24)29-13(2)8-9-14(22)11-27-19(25)16-6-4-5-7-17(16)20(26)28-12-15(23)10-21/h3-7,13-15,21-23H,1,8-12H2,2H3. The van der Waals surface area contributed by atoms with Crippen LogP contribution in [0.25, 0.3) is 0 Å². The van der Waals surface area contributed by atoms with Gasteiger partial charge in [-0.3, -0.25) is 0 Å². The second-order valence-corrected chi connectivity index (χ2v) is 6.26. The molecular formula is C20H26O9. The van der Waals surface area contributed by atoms with E-state index in [1.807, 2.05) is 0 Å². The molecule has 0 saturated heterocycles. The van der Waals surface area contributed by atoms with E-state index in [9.17, 15) is 24.6 Å². The zero-order valence-electron chi connectivity index (χ0n) is 16.2. The lowest BCUT2D eigenvalue weighted by molar-refractivity contribution is -0.142. The van der Waals surface area contributed by atoms with Gasteiger partial charge in [0, 0.05) is 6.08 Å². The minimum Gasteiger partial charge on any atom is -0.460 e. The van der Waals surface area contributed by atoms with Crippen LogP contribution in [-0.2, 0) is 19.0 Å². The molecule has 0 radical (unpaired) electrons. The summed E-state index contributed by atoms with van der Waals surface area (Å²) < 4.78 is 14.9. The van der Waals surface area contributed by atoms with Crippen molar-refractivity contribution in [2.75, 3.05) is 19.8 Å². The van der Waals surface area contributed by atoms with E-state index in [4.69, 9.17) is 19.3 Å². The van der Waals surface area contributed by atoms with E-state index >= 15 is 0 Å². The Kier molecular flexibility index (Phi) is 10.6. The Bertz CT molecular complexity index is 701. The summed E-state index contributed by atoms with van der Waals surface area (Å²) in [5.41, 5.74) is -0.126. The number of hydrogen-bond acceptors (Lipinski definition) is 9. The van der Waals surface area contributed by atoms with Gasteiger partial charge in [-0.05, 0) is 31.9 Å². The summed E-state index contributed by atoms with van der Waals surface area (Å²) in [5.74, 6) is -2.25. The van der Waals surface area contributed by atoms with E-state index in [1.54, 1.807) is 6.92 Å². The van der Waals surface area contributed by atoms with Crippen LogP contribution in [0.5, 0.6) is 0 Å². The summed E-state index contributed by atoms with van der Waals surface area (Å²) in [6.07, 6.45) is -1.02. The van der Waals surface area contributed by atoms with Gasteiger partial charge in [0.15, 0.2) is 0 Å². The summed E-state index contributed by atoms with van der Waals surface area (Å²) >= 11 is 0. The first-order valence-corrected chi connectivity index (χ1v) is 9.01. The summed E-state index contributed by atoms with van der Waals surface area (Å²) in [7, 11) is 0. The van der Waals surface area contributed by atoms with Crippen LogP contribution in [-0.4, -0.2) is 71.4 Å². The highest BCUT2D eigenvalue weighted by atomic mass is 16.6. The Balaban J connectivity index is 2.56. The van der Waals surface area contributed by atoms with Crippen molar-refractivity contribution in [1.29, 1.82) is 0 Å². The maximum Gasteiger partial charge on any atom is 0.339 e. The van der Waals surface area contributed by atoms with Gasteiger partial charge in [-0.15, -0.1) is 0 Å². The number of rotatable bonds is 12. The van der Waals surface area contributed by atoms with Crippen LogP contribution in [0.1, 0.15) is 40.5 Å². The molecule has 0 fully saturated rings. The van der Waals surface area contributed by atoms with Gasteiger partial charge >= 0.3 is 17.9 Å². The zero-order chi connectivity index (χ0) is 21.8. The topological polar surface area (TPSA) is 140 Å². The first-order chi connectivity index (χ1) is 13.8. The molecule has 0 saturated carbocycles. The van der Waals surface area contributed by atoms with Crippen LogP contribution < -0.4 is 0 Å². The number of carbonyl (C=O) groups is 3. The molecule has 0 spiro atoms. The molecule has 0 amide bonds. The van der Waals surface area contributed by atoms with Crippen molar-refractivity contribution in [2.24, 2.45) is 0 Å². The summed E-state index contributed by atoms with van der Waals surface area (Å²) in [4.78, 5) is 35.5. The van der Waals surface area contributed by atoms with Gasteiger partial charge in [0.05, 0.1) is 29.9 Å². The molecule has 0 aromatic heterocycles. The predicted molar refractivity (Wildman–Crippen MR) is 101 cm³/mol. The van der Waals surface area contributed by atoms with Crippen molar-refractivity contribution in [2.45, 2.75) is 38.1 Å². The molecule has 9 nitrogen and oxygen atoms in total. The third-order valence-corrected chi connectivity index (χ3v) is 3.78. The molecule has 29 heavy (non-hydrogen) atoms. The van der Waals surface area contributed by atoms with E-state index in [2.05, 4.69) is 6.58 Å². The van der Waals surface area contributed by atoms with E-state index in [0.717, 1.165) is 6.08 Å². The average molecular weight is 410 g/mol. The molecule has 3 unspecified atom stereocenters. The fourth-order valence-corrected chi connectivity index (χ4v) is 2.21. The van der Waals surface area contributed by atoms with Crippen LogP contribution in [0.2, 0.25) is 0 Å². The Morgan fingerprint density at radius 2 is 1.52 bits per heavy atom. The maximum atomic E-state index is 12.3. The smallest absolute Gasteiger partial charge is 0.339 e. The van der Waals surface area contributed by atoms with Gasteiger partial charge in [-0.1, -0.05) is 18.7 Å². The SMILES string of the molecule is C=CC(=O)OC(C)CCC(O)COC(=O)c1ccccc1C(=O)OCC(O)CO. The van der Waals surface area contributed by atoms with Crippen molar-refractivity contribution >= 4 is 17.9 Å². The van der Waals surface area contributed by atoms with Gasteiger partial charge in [-0.2, -0.15) is 0 Å². The normalized spacial score (nSPS) is 13.7. The molecule has 0 bridgehead atoms. The van der Waals surface area contributed by atoms with Crippen LogP contribution >= 0.6 is 0 Å². The van der Waals surface area contributed by atoms with Crippen LogP contribution in [0.3, 0.4) is 0 Å². The first kappa shape index (κ1) is 24.3. The summed E-state index contributed by atoms with van der Waals surface area (Å²) in [5, 5.41) is 28.0. The highest BCUT2D eigenvalue weighted by Gasteiger charge is 2.21. The van der Waals surface area contributed by atoms with Gasteiger partial charge in [0.2, 0.25) is 0 Å². The average Bonchev–Trinajstić information content (AvgIpc) is 2.73. The molecular weight excluding hydrogens is 384 g/mol. The molecule has 1 rings (SSSR count).